The summed E-state index contributed by atoms with van der Waals surface area (Å²) in [6.45, 7) is 4.61. The molecule has 1 rings (SSSR count). The Hall–Kier alpha value is -0.650. The van der Waals surface area contributed by atoms with Gasteiger partial charge in [-0.25, -0.2) is 0 Å². The Labute approximate surface area is 102 Å². The van der Waals surface area contributed by atoms with Crippen LogP contribution in [0.4, 0.5) is 0 Å². The zero-order chi connectivity index (χ0) is 12.5. The highest BCUT2D eigenvalue weighted by Crippen LogP contribution is 2.12. The molecule has 5 heteroatoms. The van der Waals surface area contributed by atoms with Gasteiger partial charge in [-0.3, -0.25) is 4.79 Å². The van der Waals surface area contributed by atoms with Crippen LogP contribution in [-0.4, -0.2) is 49.6 Å². The van der Waals surface area contributed by atoms with Gasteiger partial charge >= 0.3 is 5.97 Å². The van der Waals surface area contributed by atoms with Gasteiger partial charge in [0.05, 0.1) is 12.7 Å². The van der Waals surface area contributed by atoms with Gasteiger partial charge in [-0.1, -0.05) is 6.92 Å². The van der Waals surface area contributed by atoms with Crippen LogP contribution in [-0.2, 0) is 14.3 Å². The van der Waals surface area contributed by atoms with Gasteiger partial charge in [-0.2, -0.15) is 0 Å². The number of hydrogen-bond donors (Lipinski definition) is 2. The molecular formula is C12H23NO4. The van der Waals surface area contributed by atoms with Gasteiger partial charge < -0.3 is 19.9 Å². The second kappa shape index (κ2) is 8.44. The maximum Gasteiger partial charge on any atom is 0.320 e. The van der Waals surface area contributed by atoms with Gasteiger partial charge in [0.2, 0.25) is 0 Å². The lowest BCUT2D eigenvalue weighted by atomic mass is 10.2. The molecule has 0 spiro atoms. The number of aliphatic carboxylic acids is 1. The summed E-state index contributed by atoms with van der Waals surface area (Å²) in [6, 6.07) is -0.501. The van der Waals surface area contributed by atoms with E-state index in [0.29, 0.717) is 19.6 Å². The van der Waals surface area contributed by atoms with Crippen molar-refractivity contribution in [3.8, 4) is 0 Å². The molecule has 0 amide bonds. The summed E-state index contributed by atoms with van der Waals surface area (Å²) in [6.07, 6.45) is 3.80. The fourth-order valence-electron chi connectivity index (χ4n) is 1.82. The number of carboxylic acid groups (broad SMARTS) is 1. The minimum atomic E-state index is -0.806. The van der Waals surface area contributed by atoms with Crippen LogP contribution in [0, 0.1) is 0 Å². The first-order valence-corrected chi connectivity index (χ1v) is 6.39. The van der Waals surface area contributed by atoms with E-state index < -0.39 is 12.0 Å². The third-order valence-electron chi connectivity index (χ3n) is 2.82. The second-order valence-corrected chi connectivity index (χ2v) is 4.34. The fourth-order valence-corrected chi connectivity index (χ4v) is 1.82. The Morgan fingerprint density at radius 3 is 3.06 bits per heavy atom. The molecule has 1 saturated heterocycles. The van der Waals surface area contributed by atoms with Crippen molar-refractivity contribution >= 4 is 5.97 Å². The normalized spacial score (nSPS) is 21.6. The average Bonchev–Trinajstić information content (AvgIpc) is 2.80. The van der Waals surface area contributed by atoms with Crippen molar-refractivity contribution in [2.24, 2.45) is 0 Å². The lowest BCUT2D eigenvalue weighted by Crippen LogP contribution is -2.38. The Morgan fingerprint density at radius 2 is 2.47 bits per heavy atom. The van der Waals surface area contributed by atoms with Gasteiger partial charge in [0.15, 0.2) is 0 Å². The van der Waals surface area contributed by atoms with Crippen LogP contribution >= 0.6 is 0 Å². The lowest BCUT2D eigenvalue weighted by molar-refractivity contribution is -0.140. The summed E-state index contributed by atoms with van der Waals surface area (Å²) < 4.78 is 10.9. The summed E-state index contributed by atoms with van der Waals surface area (Å²) in [5.74, 6) is -0.806. The maximum atomic E-state index is 10.9. The lowest BCUT2D eigenvalue weighted by Gasteiger charge is -2.15. The molecule has 100 valence electrons. The molecule has 0 aromatic carbocycles. The van der Waals surface area contributed by atoms with Crippen LogP contribution in [0.1, 0.15) is 32.6 Å². The largest absolute Gasteiger partial charge is 0.480 e. The zero-order valence-electron chi connectivity index (χ0n) is 10.5. The van der Waals surface area contributed by atoms with Gasteiger partial charge in [0.25, 0.3) is 0 Å². The standard InChI is InChI=1S/C12H23NO4/c1-2-6-13-11(12(14)15)5-8-16-9-10-4-3-7-17-10/h10-11,13H,2-9H2,1H3,(H,14,15). The minimum Gasteiger partial charge on any atom is -0.480 e. The number of ether oxygens (including phenoxy) is 2. The summed E-state index contributed by atoms with van der Waals surface area (Å²) in [5.41, 5.74) is 0. The number of carboxylic acids is 1. The smallest absolute Gasteiger partial charge is 0.320 e. The van der Waals surface area contributed by atoms with Crippen LogP contribution in [0.15, 0.2) is 0 Å². The van der Waals surface area contributed by atoms with E-state index in [0.717, 1.165) is 32.4 Å². The van der Waals surface area contributed by atoms with Crippen molar-refractivity contribution < 1.29 is 19.4 Å². The van der Waals surface area contributed by atoms with Crippen molar-refractivity contribution in [3.63, 3.8) is 0 Å². The van der Waals surface area contributed by atoms with Crippen LogP contribution in [0.2, 0.25) is 0 Å². The molecule has 17 heavy (non-hydrogen) atoms. The molecular weight excluding hydrogens is 222 g/mol. The van der Waals surface area contributed by atoms with Crippen molar-refractivity contribution in [1.82, 2.24) is 5.32 Å². The average molecular weight is 245 g/mol. The number of rotatable bonds is 9. The maximum absolute atomic E-state index is 10.9. The molecule has 0 radical (unpaired) electrons. The van der Waals surface area contributed by atoms with Crippen LogP contribution in [0.25, 0.3) is 0 Å². The molecule has 0 aliphatic carbocycles. The highest BCUT2D eigenvalue weighted by Gasteiger charge is 2.18. The third-order valence-corrected chi connectivity index (χ3v) is 2.82. The molecule has 0 aromatic rings. The summed E-state index contributed by atoms with van der Waals surface area (Å²) >= 11 is 0. The topological polar surface area (TPSA) is 67.8 Å². The van der Waals surface area contributed by atoms with E-state index in [1.165, 1.54) is 0 Å². The van der Waals surface area contributed by atoms with Gasteiger partial charge in [-0.05, 0) is 32.2 Å². The minimum absolute atomic E-state index is 0.210. The molecule has 0 aromatic heterocycles. The van der Waals surface area contributed by atoms with E-state index in [2.05, 4.69) is 5.32 Å². The predicted molar refractivity (Wildman–Crippen MR) is 64.1 cm³/mol. The quantitative estimate of drug-likeness (QED) is 0.594. The summed E-state index contributed by atoms with van der Waals surface area (Å²) in [7, 11) is 0. The molecule has 1 aliphatic heterocycles. The Morgan fingerprint density at radius 1 is 1.65 bits per heavy atom. The fraction of sp³-hybridized carbons (Fsp3) is 0.917. The van der Waals surface area contributed by atoms with E-state index in [-0.39, 0.29) is 6.10 Å². The first-order chi connectivity index (χ1) is 8.24. The van der Waals surface area contributed by atoms with E-state index in [9.17, 15) is 4.79 Å². The van der Waals surface area contributed by atoms with E-state index in [1.807, 2.05) is 6.92 Å². The van der Waals surface area contributed by atoms with E-state index in [1.54, 1.807) is 0 Å². The zero-order valence-corrected chi connectivity index (χ0v) is 10.5. The van der Waals surface area contributed by atoms with Crippen molar-refractivity contribution in [3.05, 3.63) is 0 Å². The Kier molecular flexibility index (Phi) is 7.16. The Bertz CT molecular complexity index is 217. The molecule has 5 nitrogen and oxygen atoms in total. The molecule has 2 N–H and O–H groups in total. The molecule has 1 aliphatic rings. The number of carbonyl (C=O) groups is 1. The SMILES string of the molecule is CCCNC(CCOCC1CCCO1)C(=O)O. The van der Waals surface area contributed by atoms with E-state index >= 15 is 0 Å². The predicted octanol–water partition coefficient (Wildman–Crippen LogP) is 1.02. The molecule has 1 heterocycles. The molecule has 2 unspecified atom stereocenters. The molecule has 1 fully saturated rings. The van der Waals surface area contributed by atoms with Crippen LogP contribution in [0.3, 0.4) is 0 Å². The van der Waals surface area contributed by atoms with Crippen LogP contribution in [0.5, 0.6) is 0 Å². The summed E-state index contributed by atoms with van der Waals surface area (Å²) in [5, 5.41) is 12.0. The van der Waals surface area contributed by atoms with Gasteiger partial charge in [-0.15, -0.1) is 0 Å². The monoisotopic (exact) mass is 245 g/mol. The first-order valence-electron chi connectivity index (χ1n) is 6.39. The van der Waals surface area contributed by atoms with Crippen molar-refractivity contribution in [2.75, 3.05) is 26.4 Å². The van der Waals surface area contributed by atoms with Crippen molar-refractivity contribution in [1.29, 1.82) is 0 Å². The van der Waals surface area contributed by atoms with Gasteiger partial charge in [0.1, 0.15) is 6.04 Å². The molecule has 0 saturated carbocycles. The Balaban J connectivity index is 2.06. The molecule has 0 bridgehead atoms. The molecule has 2 atom stereocenters. The number of hydrogen-bond acceptors (Lipinski definition) is 4. The highest BCUT2D eigenvalue weighted by atomic mass is 16.5. The first kappa shape index (κ1) is 14.4. The van der Waals surface area contributed by atoms with E-state index in [4.69, 9.17) is 14.6 Å². The summed E-state index contributed by atoms with van der Waals surface area (Å²) in [4.78, 5) is 10.9. The highest BCUT2D eigenvalue weighted by molar-refractivity contribution is 5.73. The number of nitrogens with one attached hydrogen (secondary N) is 1. The second-order valence-electron chi connectivity index (χ2n) is 4.34. The van der Waals surface area contributed by atoms with Crippen LogP contribution < -0.4 is 5.32 Å². The third kappa shape index (κ3) is 6.00. The van der Waals surface area contributed by atoms with Gasteiger partial charge in [0, 0.05) is 13.2 Å². The van der Waals surface area contributed by atoms with Crippen molar-refractivity contribution in [2.45, 2.75) is 44.8 Å².